The second-order valence-electron chi connectivity index (χ2n) is 3.13. The molecule has 14 heavy (non-hydrogen) atoms. The number of rotatable bonds is 2. The minimum Gasteiger partial charge on any atom is -0.454 e. The van der Waals surface area contributed by atoms with E-state index in [0.717, 1.165) is 0 Å². The number of ether oxygens (including phenoxy) is 2. The predicted molar refractivity (Wildman–Crippen MR) is 48.2 cm³/mol. The number of fused-ring (bicyclic) bond motifs is 1. The lowest BCUT2D eigenvalue weighted by Gasteiger charge is -2.07. The third kappa shape index (κ3) is 1.44. The van der Waals surface area contributed by atoms with Crippen LogP contribution in [0.15, 0.2) is 18.2 Å². The molecular weight excluding hydrogens is 184 g/mol. The van der Waals surface area contributed by atoms with Crippen molar-refractivity contribution >= 4 is 5.78 Å². The number of ketones is 1. The molecule has 0 bridgehead atoms. The molecule has 1 aromatic carbocycles. The van der Waals surface area contributed by atoms with Gasteiger partial charge in [0.1, 0.15) is 6.10 Å². The third-order valence-corrected chi connectivity index (χ3v) is 2.10. The molecule has 0 aromatic heterocycles. The molecule has 0 saturated carbocycles. The van der Waals surface area contributed by atoms with E-state index < -0.39 is 6.10 Å². The van der Waals surface area contributed by atoms with E-state index >= 15 is 0 Å². The molecule has 74 valence electrons. The van der Waals surface area contributed by atoms with E-state index in [1.165, 1.54) is 6.92 Å². The van der Waals surface area contributed by atoms with E-state index in [1.54, 1.807) is 18.2 Å². The number of aliphatic hydroxyl groups excluding tert-OH is 1. The molecule has 0 saturated heterocycles. The van der Waals surface area contributed by atoms with Crippen molar-refractivity contribution in [2.75, 3.05) is 6.79 Å². The first kappa shape index (κ1) is 9.02. The second-order valence-corrected chi connectivity index (χ2v) is 3.13. The molecule has 4 heteroatoms. The number of hydrogen-bond donors (Lipinski definition) is 1. The van der Waals surface area contributed by atoms with Gasteiger partial charge in [-0.05, 0) is 24.6 Å². The molecule has 0 spiro atoms. The highest BCUT2D eigenvalue weighted by atomic mass is 16.7. The van der Waals surface area contributed by atoms with Gasteiger partial charge in [0, 0.05) is 0 Å². The van der Waals surface area contributed by atoms with Crippen molar-refractivity contribution in [3.05, 3.63) is 23.8 Å². The molecule has 1 aliphatic heterocycles. The van der Waals surface area contributed by atoms with Crippen LogP contribution in [0.5, 0.6) is 11.5 Å². The summed E-state index contributed by atoms with van der Waals surface area (Å²) >= 11 is 0. The van der Waals surface area contributed by atoms with Crippen LogP contribution in [0.2, 0.25) is 0 Å². The highest BCUT2D eigenvalue weighted by molar-refractivity contribution is 5.81. The molecule has 1 aliphatic rings. The van der Waals surface area contributed by atoms with Gasteiger partial charge in [-0.1, -0.05) is 6.07 Å². The summed E-state index contributed by atoms with van der Waals surface area (Å²) in [6.45, 7) is 1.53. The van der Waals surface area contributed by atoms with Crippen LogP contribution in [0.1, 0.15) is 18.6 Å². The standard InChI is InChI=1S/C10H10O4/c1-6(11)10(12)7-2-3-8-9(4-7)14-5-13-8/h2-4,10,12H,5H2,1H3. The first-order chi connectivity index (χ1) is 6.68. The van der Waals surface area contributed by atoms with Gasteiger partial charge in [0.2, 0.25) is 6.79 Å². The van der Waals surface area contributed by atoms with Crippen molar-refractivity contribution in [2.45, 2.75) is 13.0 Å². The van der Waals surface area contributed by atoms with E-state index in [2.05, 4.69) is 0 Å². The van der Waals surface area contributed by atoms with Crippen molar-refractivity contribution in [3.8, 4) is 11.5 Å². The zero-order chi connectivity index (χ0) is 10.1. The quantitative estimate of drug-likeness (QED) is 0.764. The number of Topliss-reactive ketones (excluding diaryl/α,β-unsaturated/α-hetero) is 1. The Labute approximate surface area is 81.1 Å². The molecule has 4 nitrogen and oxygen atoms in total. The maximum atomic E-state index is 10.9. The topological polar surface area (TPSA) is 55.8 Å². The van der Waals surface area contributed by atoms with Gasteiger partial charge in [-0.3, -0.25) is 4.79 Å². The van der Waals surface area contributed by atoms with Crippen LogP contribution in [0.25, 0.3) is 0 Å². The van der Waals surface area contributed by atoms with Crippen molar-refractivity contribution in [2.24, 2.45) is 0 Å². The van der Waals surface area contributed by atoms with E-state index in [1.807, 2.05) is 0 Å². The zero-order valence-corrected chi connectivity index (χ0v) is 7.69. The molecule has 1 aromatic rings. The SMILES string of the molecule is CC(=O)C(O)c1ccc2c(c1)OCO2. The Morgan fingerprint density at radius 3 is 2.86 bits per heavy atom. The van der Waals surface area contributed by atoms with Gasteiger partial charge in [0.05, 0.1) is 0 Å². The fourth-order valence-corrected chi connectivity index (χ4v) is 1.32. The van der Waals surface area contributed by atoms with Crippen LogP contribution < -0.4 is 9.47 Å². The Bertz CT molecular complexity index is 372. The number of aliphatic hydroxyl groups is 1. The summed E-state index contributed by atoms with van der Waals surface area (Å²) in [5.41, 5.74) is 0.529. The first-order valence-electron chi connectivity index (χ1n) is 4.26. The van der Waals surface area contributed by atoms with Crippen LogP contribution in [-0.2, 0) is 4.79 Å². The zero-order valence-electron chi connectivity index (χ0n) is 7.69. The molecule has 0 aliphatic carbocycles. The highest BCUT2D eigenvalue weighted by Crippen LogP contribution is 2.34. The molecule has 0 amide bonds. The molecule has 2 rings (SSSR count). The fraction of sp³-hybridized carbons (Fsp3) is 0.300. The fourth-order valence-electron chi connectivity index (χ4n) is 1.32. The first-order valence-corrected chi connectivity index (χ1v) is 4.26. The molecule has 1 unspecified atom stereocenters. The smallest absolute Gasteiger partial charge is 0.231 e. The Hall–Kier alpha value is -1.55. The van der Waals surface area contributed by atoms with Crippen LogP contribution in [0.3, 0.4) is 0 Å². The predicted octanol–water partition coefficient (Wildman–Crippen LogP) is 1.04. The van der Waals surface area contributed by atoms with Crippen LogP contribution in [-0.4, -0.2) is 17.7 Å². The van der Waals surface area contributed by atoms with Gasteiger partial charge in [0.15, 0.2) is 17.3 Å². The lowest BCUT2D eigenvalue weighted by atomic mass is 10.1. The number of hydrogen-bond acceptors (Lipinski definition) is 4. The maximum Gasteiger partial charge on any atom is 0.231 e. The lowest BCUT2D eigenvalue weighted by molar-refractivity contribution is -0.125. The third-order valence-electron chi connectivity index (χ3n) is 2.10. The van der Waals surface area contributed by atoms with E-state index in [-0.39, 0.29) is 12.6 Å². The van der Waals surface area contributed by atoms with Gasteiger partial charge in [-0.25, -0.2) is 0 Å². The lowest BCUT2D eigenvalue weighted by Crippen LogP contribution is -2.07. The molecule has 1 atom stereocenters. The molecule has 1 N–H and O–H groups in total. The number of carbonyl (C=O) groups excluding carboxylic acids is 1. The largest absolute Gasteiger partial charge is 0.454 e. The molecule has 0 fully saturated rings. The number of carbonyl (C=O) groups is 1. The average molecular weight is 194 g/mol. The van der Waals surface area contributed by atoms with E-state index in [9.17, 15) is 9.90 Å². The van der Waals surface area contributed by atoms with Crippen LogP contribution in [0.4, 0.5) is 0 Å². The summed E-state index contributed by atoms with van der Waals surface area (Å²) in [6, 6.07) is 4.96. The van der Waals surface area contributed by atoms with Crippen LogP contribution in [0, 0.1) is 0 Å². The molecular formula is C10H10O4. The van der Waals surface area contributed by atoms with Crippen molar-refractivity contribution in [1.29, 1.82) is 0 Å². The number of benzene rings is 1. The monoisotopic (exact) mass is 194 g/mol. The van der Waals surface area contributed by atoms with E-state index in [0.29, 0.717) is 17.1 Å². The Kier molecular flexibility index (Phi) is 2.13. The van der Waals surface area contributed by atoms with E-state index in [4.69, 9.17) is 9.47 Å². The average Bonchev–Trinajstić information content (AvgIpc) is 2.62. The minimum atomic E-state index is -1.08. The van der Waals surface area contributed by atoms with Crippen molar-refractivity contribution in [3.63, 3.8) is 0 Å². The van der Waals surface area contributed by atoms with Gasteiger partial charge in [0.25, 0.3) is 0 Å². The van der Waals surface area contributed by atoms with Gasteiger partial charge < -0.3 is 14.6 Å². The van der Waals surface area contributed by atoms with Crippen molar-refractivity contribution < 1.29 is 19.4 Å². The van der Waals surface area contributed by atoms with Crippen LogP contribution >= 0.6 is 0 Å². The summed E-state index contributed by atoms with van der Waals surface area (Å²) in [7, 11) is 0. The molecule has 0 radical (unpaired) electrons. The van der Waals surface area contributed by atoms with Crippen molar-refractivity contribution in [1.82, 2.24) is 0 Å². The van der Waals surface area contributed by atoms with Gasteiger partial charge in [-0.2, -0.15) is 0 Å². The summed E-state index contributed by atoms with van der Waals surface area (Å²) < 4.78 is 10.2. The summed E-state index contributed by atoms with van der Waals surface area (Å²) in [5, 5.41) is 9.48. The van der Waals surface area contributed by atoms with Gasteiger partial charge >= 0.3 is 0 Å². The summed E-state index contributed by atoms with van der Waals surface area (Å²) in [4.78, 5) is 10.9. The van der Waals surface area contributed by atoms with Gasteiger partial charge in [-0.15, -0.1) is 0 Å². The highest BCUT2D eigenvalue weighted by Gasteiger charge is 2.18. The normalized spacial score (nSPS) is 15.3. The second kappa shape index (κ2) is 3.31. The Morgan fingerprint density at radius 1 is 1.43 bits per heavy atom. The maximum absolute atomic E-state index is 10.9. The molecule has 1 heterocycles. The summed E-state index contributed by atoms with van der Waals surface area (Å²) in [6.07, 6.45) is -1.08. The minimum absolute atomic E-state index is 0.189. The Balaban J connectivity index is 2.33. The Morgan fingerprint density at radius 2 is 2.14 bits per heavy atom. The summed E-state index contributed by atoms with van der Waals surface area (Å²) in [5.74, 6) is 0.927.